The topological polar surface area (TPSA) is 49.0 Å². The van der Waals surface area contributed by atoms with Crippen molar-refractivity contribution in [1.82, 2.24) is 9.97 Å². The zero-order valence-electron chi connectivity index (χ0n) is 14.1. The summed E-state index contributed by atoms with van der Waals surface area (Å²) in [6.07, 6.45) is 3.10. The van der Waals surface area contributed by atoms with E-state index >= 15 is 0 Å². The molecule has 2 rings (SSSR count). The third-order valence-electron chi connectivity index (χ3n) is 4.35. The van der Waals surface area contributed by atoms with Crippen LogP contribution in [0.2, 0.25) is 0 Å². The lowest BCUT2D eigenvalue weighted by Gasteiger charge is -2.35. The predicted octanol–water partition coefficient (Wildman–Crippen LogP) is 3.15. The van der Waals surface area contributed by atoms with Gasteiger partial charge in [0.05, 0.1) is 0 Å². The van der Waals surface area contributed by atoms with E-state index in [-0.39, 0.29) is 5.56 Å². The van der Waals surface area contributed by atoms with Crippen molar-refractivity contribution in [3.05, 3.63) is 21.6 Å². The molecule has 1 saturated heterocycles. The van der Waals surface area contributed by atoms with Crippen LogP contribution in [0.5, 0.6) is 0 Å². The molecule has 4 heteroatoms. The minimum absolute atomic E-state index is 0.0454. The fraction of sp³-hybridized carbons (Fsp3) is 0.765. The Kier molecular flexibility index (Phi) is 5.07. The molecule has 0 spiro atoms. The number of nitrogens with zero attached hydrogens (tertiary/aromatic N) is 2. The highest BCUT2D eigenvalue weighted by Crippen LogP contribution is 2.24. The van der Waals surface area contributed by atoms with Gasteiger partial charge in [0, 0.05) is 24.3 Å². The van der Waals surface area contributed by atoms with Crippen LogP contribution < -0.4 is 10.5 Å². The molecular formula is C17H29N3O. The van der Waals surface area contributed by atoms with Crippen LogP contribution in [-0.2, 0) is 6.42 Å². The van der Waals surface area contributed by atoms with E-state index in [4.69, 9.17) is 0 Å². The molecule has 4 nitrogen and oxygen atoms in total. The largest absolute Gasteiger partial charge is 0.342 e. The lowest BCUT2D eigenvalue weighted by atomic mass is 9.92. The van der Waals surface area contributed by atoms with E-state index in [0.717, 1.165) is 43.1 Å². The first-order valence-electron chi connectivity index (χ1n) is 8.21. The summed E-state index contributed by atoms with van der Waals surface area (Å²) in [6, 6.07) is 0. The Bertz CT molecular complexity index is 525. The van der Waals surface area contributed by atoms with Crippen LogP contribution in [0.15, 0.2) is 4.79 Å². The fourth-order valence-corrected chi connectivity index (χ4v) is 3.31. The Morgan fingerprint density at radius 1 is 1.29 bits per heavy atom. The van der Waals surface area contributed by atoms with Crippen LogP contribution >= 0.6 is 0 Å². The van der Waals surface area contributed by atoms with E-state index in [9.17, 15) is 4.79 Å². The summed E-state index contributed by atoms with van der Waals surface area (Å²) in [5, 5.41) is 0. The molecule has 0 amide bonds. The maximum Gasteiger partial charge on any atom is 0.255 e. The van der Waals surface area contributed by atoms with Crippen LogP contribution in [-0.4, -0.2) is 23.1 Å². The van der Waals surface area contributed by atoms with E-state index < -0.39 is 0 Å². The standard InChI is InChI=1S/C17H29N3O/c1-11(2)6-7-15-14(5)18-17(19-16(15)21)20-9-12(3)8-13(4)10-20/h11-13H,6-10H2,1-5H3,(H,18,19,21)/t12-,13+. The van der Waals surface area contributed by atoms with Gasteiger partial charge in [0.15, 0.2) is 0 Å². The summed E-state index contributed by atoms with van der Waals surface area (Å²) in [6.45, 7) is 12.8. The Balaban J connectivity index is 2.21. The lowest BCUT2D eigenvalue weighted by molar-refractivity contribution is 0.353. The number of hydrogen-bond donors (Lipinski definition) is 1. The van der Waals surface area contributed by atoms with Gasteiger partial charge < -0.3 is 4.90 Å². The molecule has 21 heavy (non-hydrogen) atoms. The van der Waals surface area contributed by atoms with Crippen molar-refractivity contribution in [2.24, 2.45) is 17.8 Å². The zero-order valence-corrected chi connectivity index (χ0v) is 14.1. The third kappa shape index (κ3) is 4.08. The van der Waals surface area contributed by atoms with Crippen molar-refractivity contribution in [1.29, 1.82) is 0 Å². The highest BCUT2D eigenvalue weighted by Gasteiger charge is 2.24. The summed E-state index contributed by atoms with van der Waals surface area (Å²) in [5.74, 6) is 2.66. The average Bonchev–Trinajstić information content (AvgIpc) is 2.36. The number of rotatable bonds is 4. The minimum atomic E-state index is 0.0454. The molecular weight excluding hydrogens is 262 g/mol. The third-order valence-corrected chi connectivity index (χ3v) is 4.35. The van der Waals surface area contributed by atoms with Crippen molar-refractivity contribution >= 4 is 5.95 Å². The maximum atomic E-state index is 12.4. The highest BCUT2D eigenvalue weighted by molar-refractivity contribution is 5.34. The highest BCUT2D eigenvalue weighted by atomic mass is 16.1. The SMILES string of the molecule is Cc1nc(N2C[C@H](C)C[C@H](C)C2)[nH]c(=O)c1CCC(C)C. The number of piperidine rings is 1. The molecule has 0 bridgehead atoms. The molecule has 0 unspecified atom stereocenters. The van der Waals surface area contributed by atoms with Crippen molar-refractivity contribution in [3.63, 3.8) is 0 Å². The van der Waals surface area contributed by atoms with Crippen molar-refractivity contribution < 1.29 is 0 Å². The van der Waals surface area contributed by atoms with Crippen LogP contribution in [0.3, 0.4) is 0 Å². The smallest absolute Gasteiger partial charge is 0.255 e. The zero-order chi connectivity index (χ0) is 15.6. The average molecular weight is 291 g/mol. The Labute approximate surface area is 128 Å². The van der Waals surface area contributed by atoms with Crippen molar-refractivity contribution in [3.8, 4) is 0 Å². The van der Waals surface area contributed by atoms with Gasteiger partial charge in [-0.2, -0.15) is 0 Å². The molecule has 1 N–H and O–H groups in total. The number of aromatic amines is 1. The van der Waals surface area contributed by atoms with Crippen LogP contribution in [0, 0.1) is 24.7 Å². The summed E-state index contributed by atoms with van der Waals surface area (Å²) in [5.41, 5.74) is 1.79. The molecule has 118 valence electrons. The van der Waals surface area contributed by atoms with Gasteiger partial charge in [-0.15, -0.1) is 0 Å². The molecule has 2 heterocycles. The molecule has 0 aliphatic carbocycles. The summed E-state index contributed by atoms with van der Waals surface area (Å²) < 4.78 is 0. The molecule has 2 atom stereocenters. The monoisotopic (exact) mass is 291 g/mol. The van der Waals surface area contributed by atoms with Gasteiger partial charge in [0.25, 0.3) is 5.56 Å². The first-order chi connectivity index (χ1) is 9.86. The van der Waals surface area contributed by atoms with Gasteiger partial charge in [0.1, 0.15) is 0 Å². The minimum Gasteiger partial charge on any atom is -0.342 e. The molecule has 0 saturated carbocycles. The van der Waals surface area contributed by atoms with Gasteiger partial charge in [-0.1, -0.05) is 27.7 Å². The molecule has 1 aliphatic heterocycles. The predicted molar refractivity (Wildman–Crippen MR) is 87.9 cm³/mol. The molecule has 1 fully saturated rings. The lowest BCUT2D eigenvalue weighted by Crippen LogP contribution is -2.40. The van der Waals surface area contributed by atoms with E-state index in [1.807, 2.05) is 6.92 Å². The normalized spacial score (nSPS) is 22.9. The number of hydrogen-bond acceptors (Lipinski definition) is 3. The number of aryl methyl sites for hydroxylation is 1. The van der Waals surface area contributed by atoms with Gasteiger partial charge >= 0.3 is 0 Å². The number of nitrogens with one attached hydrogen (secondary N) is 1. The van der Waals surface area contributed by atoms with Gasteiger partial charge in [-0.25, -0.2) is 4.98 Å². The van der Waals surface area contributed by atoms with Crippen LogP contribution in [0.1, 0.15) is 51.8 Å². The van der Waals surface area contributed by atoms with E-state index in [1.165, 1.54) is 6.42 Å². The summed E-state index contributed by atoms with van der Waals surface area (Å²) >= 11 is 0. The second kappa shape index (κ2) is 6.63. The summed E-state index contributed by atoms with van der Waals surface area (Å²) in [4.78, 5) is 22.3. The van der Waals surface area contributed by atoms with Gasteiger partial charge in [-0.3, -0.25) is 9.78 Å². The molecule has 1 aromatic heterocycles. The van der Waals surface area contributed by atoms with Crippen molar-refractivity contribution in [2.45, 2.75) is 53.9 Å². The number of aromatic nitrogens is 2. The van der Waals surface area contributed by atoms with E-state index in [2.05, 4.69) is 42.6 Å². The Morgan fingerprint density at radius 3 is 2.43 bits per heavy atom. The Morgan fingerprint density at radius 2 is 1.90 bits per heavy atom. The van der Waals surface area contributed by atoms with Crippen LogP contribution in [0.25, 0.3) is 0 Å². The fourth-order valence-electron chi connectivity index (χ4n) is 3.31. The second-order valence-corrected chi connectivity index (χ2v) is 7.24. The van der Waals surface area contributed by atoms with Crippen LogP contribution in [0.4, 0.5) is 5.95 Å². The second-order valence-electron chi connectivity index (χ2n) is 7.24. The maximum absolute atomic E-state index is 12.4. The quantitative estimate of drug-likeness (QED) is 0.927. The molecule has 1 aliphatic rings. The Hall–Kier alpha value is -1.32. The molecule has 0 radical (unpaired) electrons. The van der Waals surface area contributed by atoms with Crippen molar-refractivity contribution in [2.75, 3.05) is 18.0 Å². The first kappa shape index (κ1) is 16.1. The number of H-pyrrole nitrogens is 1. The van der Waals surface area contributed by atoms with E-state index in [0.29, 0.717) is 17.8 Å². The number of anilines is 1. The summed E-state index contributed by atoms with van der Waals surface area (Å²) in [7, 11) is 0. The van der Waals surface area contributed by atoms with Gasteiger partial charge in [-0.05, 0) is 43.9 Å². The molecule has 1 aromatic rings. The molecule has 0 aromatic carbocycles. The first-order valence-corrected chi connectivity index (χ1v) is 8.21. The van der Waals surface area contributed by atoms with E-state index in [1.54, 1.807) is 0 Å². The van der Waals surface area contributed by atoms with Gasteiger partial charge in [0.2, 0.25) is 5.95 Å².